The number of anilines is 1. The van der Waals surface area contributed by atoms with Gasteiger partial charge in [0, 0.05) is 18.5 Å². The molecule has 0 aliphatic heterocycles. The number of benzene rings is 1. The molecule has 4 rings (SSSR count). The number of furan rings is 1. The van der Waals surface area contributed by atoms with E-state index in [0.29, 0.717) is 28.9 Å². The Morgan fingerprint density at radius 2 is 2.00 bits per heavy atom. The molecule has 2 N–H and O–H groups in total. The van der Waals surface area contributed by atoms with Crippen LogP contribution in [0, 0.1) is 6.92 Å². The van der Waals surface area contributed by atoms with E-state index >= 15 is 0 Å². The average molecular weight is 463 g/mol. The lowest BCUT2D eigenvalue weighted by molar-refractivity contribution is -0.119. The monoisotopic (exact) mass is 462 g/mol. The van der Waals surface area contributed by atoms with Crippen molar-refractivity contribution in [2.75, 3.05) is 5.32 Å². The second-order valence-electron chi connectivity index (χ2n) is 7.51. The number of aryl methyl sites for hydroxylation is 1. The molecular weight excluding hydrogens is 440 g/mol. The van der Waals surface area contributed by atoms with Gasteiger partial charge >= 0.3 is 0 Å². The first-order chi connectivity index (χ1) is 15.9. The Morgan fingerprint density at radius 3 is 2.79 bits per heavy atom. The molecule has 8 nitrogen and oxygen atoms in total. The number of rotatable bonds is 7. The van der Waals surface area contributed by atoms with Gasteiger partial charge in [0.25, 0.3) is 11.5 Å². The zero-order valence-corrected chi connectivity index (χ0v) is 18.9. The molecule has 1 aromatic carbocycles. The third-order valence-corrected chi connectivity index (χ3v) is 5.61. The van der Waals surface area contributed by atoms with Gasteiger partial charge in [0.2, 0.25) is 5.91 Å². The van der Waals surface area contributed by atoms with E-state index in [0.717, 1.165) is 11.1 Å². The third kappa shape index (κ3) is 5.45. The molecule has 9 heteroatoms. The second kappa shape index (κ2) is 9.66. The van der Waals surface area contributed by atoms with E-state index in [1.165, 1.54) is 28.9 Å². The highest BCUT2D eigenvalue weighted by Crippen LogP contribution is 2.26. The minimum Gasteiger partial charge on any atom is -0.458 e. The first-order valence-electron chi connectivity index (χ1n) is 10.2. The first kappa shape index (κ1) is 22.2. The van der Waals surface area contributed by atoms with Crippen LogP contribution in [-0.4, -0.2) is 21.4 Å². The molecule has 0 saturated carbocycles. The van der Waals surface area contributed by atoms with Crippen LogP contribution in [0.1, 0.15) is 34.2 Å². The highest BCUT2D eigenvalue weighted by atomic mass is 32.1. The van der Waals surface area contributed by atoms with Crippen LogP contribution in [0.4, 0.5) is 5.13 Å². The van der Waals surface area contributed by atoms with Gasteiger partial charge in [-0.2, -0.15) is 0 Å². The Hall–Kier alpha value is -3.98. The number of thiazole rings is 1. The smallest absolute Gasteiger partial charge is 0.263 e. The van der Waals surface area contributed by atoms with Crippen LogP contribution in [-0.2, 0) is 17.9 Å². The van der Waals surface area contributed by atoms with Crippen molar-refractivity contribution in [3.63, 3.8) is 0 Å². The van der Waals surface area contributed by atoms with E-state index in [-0.39, 0.29) is 23.6 Å². The zero-order chi connectivity index (χ0) is 23.4. The van der Waals surface area contributed by atoms with Crippen LogP contribution in [0.5, 0.6) is 0 Å². The fourth-order valence-corrected chi connectivity index (χ4v) is 3.97. The van der Waals surface area contributed by atoms with Crippen molar-refractivity contribution < 1.29 is 14.0 Å². The average Bonchev–Trinajstić information content (AvgIpc) is 3.43. The van der Waals surface area contributed by atoms with Crippen LogP contribution >= 0.6 is 11.3 Å². The van der Waals surface area contributed by atoms with Crippen LogP contribution in [0.15, 0.2) is 69.3 Å². The molecule has 0 saturated heterocycles. The van der Waals surface area contributed by atoms with Crippen LogP contribution < -0.4 is 16.2 Å². The van der Waals surface area contributed by atoms with Crippen LogP contribution in [0.2, 0.25) is 0 Å². The molecule has 0 spiro atoms. The maximum absolute atomic E-state index is 12.9. The predicted octanol–water partition coefficient (Wildman–Crippen LogP) is 3.81. The van der Waals surface area contributed by atoms with Gasteiger partial charge in [-0.3, -0.25) is 19.7 Å². The number of pyridine rings is 1. The quantitative estimate of drug-likeness (QED) is 0.434. The summed E-state index contributed by atoms with van der Waals surface area (Å²) in [6.07, 6.45) is 1.67. The molecule has 33 heavy (non-hydrogen) atoms. The van der Waals surface area contributed by atoms with Crippen molar-refractivity contribution in [2.45, 2.75) is 26.9 Å². The lowest BCUT2D eigenvalue weighted by Gasteiger charge is -2.08. The molecule has 0 radical (unpaired) electrons. The van der Waals surface area contributed by atoms with Gasteiger partial charge in [-0.1, -0.05) is 29.8 Å². The summed E-state index contributed by atoms with van der Waals surface area (Å²) in [4.78, 5) is 41.1. The summed E-state index contributed by atoms with van der Waals surface area (Å²) in [5, 5.41) is 7.46. The van der Waals surface area contributed by atoms with E-state index in [1.807, 2.05) is 31.2 Å². The summed E-state index contributed by atoms with van der Waals surface area (Å²) in [5.74, 6) is 0.445. The number of amides is 2. The van der Waals surface area contributed by atoms with Crippen molar-refractivity contribution in [2.24, 2.45) is 0 Å². The van der Waals surface area contributed by atoms with E-state index in [2.05, 4.69) is 15.6 Å². The molecule has 2 amide bonds. The minimum atomic E-state index is -0.523. The van der Waals surface area contributed by atoms with Crippen molar-refractivity contribution in [1.29, 1.82) is 0 Å². The molecule has 3 aromatic heterocycles. The lowest BCUT2D eigenvalue weighted by atomic mass is 10.1. The lowest BCUT2D eigenvalue weighted by Crippen LogP contribution is -2.29. The topological polar surface area (TPSA) is 106 Å². The minimum absolute atomic E-state index is 0.0393. The molecule has 0 unspecified atom stereocenters. The summed E-state index contributed by atoms with van der Waals surface area (Å²) in [6.45, 7) is 4.09. The number of nitrogens with zero attached hydrogens (tertiary/aromatic N) is 2. The molecule has 0 atom stereocenters. The van der Waals surface area contributed by atoms with Crippen LogP contribution in [0.25, 0.3) is 11.5 Å². The van der Waals surface area contributed by atoms with Gasteiger partial charge in [0.1, 0.15) is 17.0 Å². The Bertz CT molecular complexity index is 1370. The van der Waals surface area contributed by atoms with Crippen LogP contribution in [0.3, 0.4) is 0 Å². The Balaban J connectivity index is 1.46. The van der Waals surface area contributed by atoms with Gasteiger partial charge in [0.05, 0.1) is 13.1 Å². The molecule has 0 aliphatic rings. The Morgan fingerprint density at radius 1 is 1.15 bits per heavy atom. The highest BCUT2D eigenvalue weighted by Gasteiger charge is 2.16. The standard InChI is InChI=1S/C24H22N4O4S/c1-15-5-3-6-17(11-15)13-28-10-4-7-19(23(28)31)22(30)27-24-26-20(14-33-24)21-9-8-18(32-21)12-25-16(2)29/h3-11,14H,12-13H2,1-2H3,(H,25,29)(H,26,27,30). The van der Waals surface area contributed by atoms with Crippen molar-refractivity contribution >= 4 is 28.3 Å². The molecule has 0 fully saturated rings. The zero-order valence-electron chi connectivity index (χ0n) is 18.1. The normalized spacial score (nSPS) is 10.7. The summed E-state index contributed by atoms with van der Waals surface area (Å²) < 4.78 is 7.20. The molecule has 0 bridgehead atoms. The summed E-state index contributed by atoms with van der Waals surface area (Å²) in [6, 6.07) is 14.6. The molecule has 168 valence electrons. The number of carbonyl (C=O) groups is 2. The van der Waals surface area contributed by atoms with E-state index in [1.54, 1.807) is 29.8 Å². The number of aromatic nitrogens is 2. The van der Waals surface area contributed by atoms with E-state index in [4.69, 9.17) is 4.42 Å². The summed E-state index contributed by atoms with van der Waals surface area (Å²) >= 11 is 1.23. The van der Waals surface area contributed by atoms with Gasteiger partial charge in [0.15, 0.2) is 10.9 Å². The highest BCUT2D eigenvalue weighted by molar-refractivity contribution is 7.14. The number of carbonyl (C=O) groups excluding carboxylic acids is 2. The second-order valence-corrected chi connectivity index (χ2v) is 8.37. The van der Waals surface area contributed by atoms with Gasteiger partial charge in [-0.05, 0) is 36.8 Å². The SMILES string of the molecule is CC(=O)NCc1ccc(-c2csc(NC(=O)c3cccn(Cc4cccc(C)c4)c3=O)n2)o1. The van der Waals surface area contributed by atoms with E-state index < -0.39 is 5.91 Å². The number of hydrogen-bond donors (Lipinski definition) is 2. The summed E-state index contributed by atoms with van der Waals surface area (Å²) in [5.41, 5.74) is 2.30. The largest absolute Gasteiger partial charge is 0.458 e. The van der Waals surface area contributed by atoms with Crippen molar-refractivity contribution in [3.8, 4) is 11.5 Å². The molecule has 3 heterocycles. The van der Waals surface area contributed by atoms with E-state index in [9.17, 15) is 14.4 Å². The van der Waals surface area contributed by atoms with Crippen molar-refractivity contribution in [1.82, 2.24) is 14.9 Å². The maximum atomic E-state index is 12.9. The van der Waals surface area contributed by atoms with Gasteiger partial charge in [-0.25, -0.2) is 4.98 Å². The Labute approximate surface area is 193 Å². The van der Waals surface area contributed by atoms with Gasteiger partial charge < -0.3 is 14.3 Å². The number of hydrogen-bond acceptors (Lipinski definition) is 6. The molecule has 4 aromatic rings. The van der Waals surface area contributed by atoms with Crippen molar-refractivity contribution in [3.05, 3.63) is 92.9 Å². The van der Waals surface area contributed by atoms with Gasteiger partial charge in [-0.15, -0.1) is 11.3 Å². The fraction of sp³-hybridized carbons (Fsp3) is 0.167. The fourth-order valence-electron chi connectivity index (χ4n) is 3.27. The molecular formula is C24H22N4O4S. The summed E-state index contributed by atoms with van der Waals surface area (Å²) in [7, 11) is 0. The number of nitrogens with one attached hydrogen (secondary N) is 2. The molecule has 0 aliphatic carbocycles. The Kier molecular flexibility index (Phi) is 6.50. The predicted molar refractivity (Wildman–Crippen MR) is 126 cm³/mol. The first-order valence-corrected chi connectivity index (χ1v) is 11.1. The maximum Gasteiger partial charge on any atom is 0.263 e. The third-order valence-electron chi connectivity index (χ3n) is 4.85.